The first-order chi connectivity index (χ1) is 22.6. The van der Waals surface area contributed by atoms with E-state index in [0.717, 1.165) is 29.7 Å². The molecule has 14 heteroatoms. The summed E-state index contributed by atoms with van der Waals surface area (Å²) in [5.74, 6) is -0.581. The van der Waals surface area contributed by atoms with Gasteiger partial charge in [-0.3, -0.25) is 14.2 Å². The normalized spacial score (nSPS) is 18.2. The van der Waals surface area contributed by atoms with Gasteiger partial charge in [0.15, 0.2) is 5.65 Å². The second-order valence-corrected chi connectivity index (χ2v) is 16.0. The molecule has 0 aromatic carbocycles. The average molecular weight is 676 g/mol. The van der Waals surface area contributed by atoms with Gasteiger partial charge in [0.05, 0.1) is 17.9 Å². The van der Waals surface area contributed by atoms with E-state index in [1.165, 1.54) is 3.97 Å². The minimum absolute atomic E-state index is 0.0404. The molecule has 4 aromatic heterocycles. The summed E-state index contributed by atoms with van der Waals surface area (Å²) in [6.45, 7) is 7.60. The summed E-state index contributed by atoms with van der Waals surface area (Å²) in [5, 5.41) is 21.9. The van der Waals surface area contributed by atoms with Gasteiger partial charge in [-0.15, -0.1) is 0 Å². The van der Waals surface area contributed by atoms with E-state index in [1.54, 1.807) is 74.8 Å². The van der Waals surface area contributed by atoms with E-state index in [0.29, 0.717) is 40.8 Å². The molecular weight excluding hydrogens is 634 g/mol. The lowest BCUT2D eigenvalue weighted by atomic mass is 9.93. The highest BCUT2D eigenvalue weighted by Gasteiger charge is 2.41. The van der Waals surface area contributed by atoms with Crippen molar-refractivity contribution in [3.8, 4) is 11.1 Å². The van der Waals surface area contributed by atoms with E-state index in [9.17, 15) is 18.0 Å². The third kappa shape index (κ3) is 6.66. The van der Waals surface area contributed by atoms with Crippen LogP contribution in [0.4, 0.5) is 4.79 Å². The summed E-state index contributed by atoms with van der Waals surface area (Å²) in [6.07, 6.45) is 14.5. The minimum Gasteiger partial charge on any atom is -0.481 e. The Balaban J connectivity index is 1.36. The van der Waals surface area contributed by atoms with Gasteiger partial charge in [0.2, 0.25) is 10.0 Å². The van der Waals surface area contributed by atoms with Crippen LogP contribution in [0.25, 0.3) is 27.7 Å². The van der Waals surface area contributed by atoms with Crippen LogP contribution in [0.15, 0.2) is 55.1 Å². The predicted molar refractivity (Wildman–Crippen MR) is 181 cm³/mol. The van der Waals surface area contributed by atoms with E-state index in [-0.39, 0.29) is 25.3 Å². The number of carbonyl (C=O) groups is 2. The first kappa shape index (κ1) is 33.2. The van der Waals surface area contributed by atoms with Crippen molar-refractivity contribution >= 4 is 38.7 Å². The lowest BCUT2D eigenvalue weighted by Crippen LogP contribution is -2.38. The number of aromatic nitrogens is 6. The van der Waals surface area contributed by atoms with Gasteiger partial charge >= 0.3 is 12.1 Å². The van der Waals surface area contributed by atoms with Gasteiger partial charge in [0.25, 0.3) is 0 Å². The largest absolute Gasteiger partial charge is 0.481 e. The Hall–Kier alpha value is -4.72. The molecule has 254 valence electrons. The number of aryl methyl sites for hydroxylation is 2. The molecule has 0 radical (unpaired) electrons. The summed E-state index contributed by atoms with van der Waals surface area (Å²) in [7, 11) is -2.31. The number of carboxylic acids is 1. The number of hydrogen-bond donors (Lipinski definition) is 2. The second kappa shape index (κ2) is 12.4. The minimum atomic E-state index is -4.09. The van der Waals surface area contributed by atoms with Crippen LogP contribution in [0.1, 0.15) is 82.7 Å². The summed E-state index contributed by atoms with van der Waals surface area (Å²) < 4.78 is 38.1. The summed E-state index contributed by atoms with van der Waals surface area (Å²) in [6, 6.07) is 3.65. The van der Waals surface area contributed by atoms with Crippen molar-refractivity contribution in [2.45, 2.75) is 89.2 Å². The Labute approximate surface area is 279 Å². The molecule has 1 unspecified atom stereocenters. The number of ether oxygens (including phenoxy) is 1. The SMILES string of the molecule is Cn1cc(C2=CC(C)(S(=O)(=O)n3cc(-c4cn(CCCC(=O)O)nc4C4CC4)c4cccnc43)CC=C2)c(CNC(=O)OC(C)(C)C)n1. The monoisotopic (exact) mass is 675 g/mol. The number of rotatable bonds is 11. The van der Waals surface area contributed by atoms with Crippen LogP contribution in [-0.4, -0.2) is 64.5 Å². The first-order valence-corrected chi connectivity index (χ1v) is 17.5. The molecule has 4 aromatic rings. The number of alkyl carbamates (subject to hydrolysis) is 1. The number of carbonyl (C=O) groups excluding carboxylic acids is 1. The third-order valence-corrected chi connectivity index (χ3v) is 10.8. The molecule has 0 aliphatic heterocycles. The number of nitrogens with one attached hydrogen (secondary N) is 1. The van der Waals surface area contributed by atoms with Gasteiger partial charge in [-0.2, -0.15) is 10.2 Å². The van der Waals surface area contributed by atoms with Gasteiger partial charge in [-0.05, 0) is 71.1 Å². The third-order valence-electron chi connectivity index (χ3n) is 8.50. The van der Waals surface area contributed by atoms with Crippen LogP contribution >= 0.6 is 0 Å². The molecule has 2 N–H and O–H groups in total. The van der Waals surface area contributed by atoms with Crippen LogP contribution in [0.5, 0.6) is 0 Å². The van der Waals surface area contributed by atoms with Crippen LogP contribution in [0.3, 0.4) is 0 Å². The van der Waals surface area contributed by atoms with Crippen LogP contribution in [-0.2, 0) is 39.7 Å². The number of nitrogens with zero attached hydrogens (tertiary/aromatic N) is 6. The fourth-order valence-corrected chi connectivity index (χ4v) is 7.69. The zero-order chi connectivity index (χ0) is 34.4. The molecule has 0 spiro atoms. The molecule has 1 amide bonds. The summed E-state index contributed by atoms with van der Waals surface area (Å²) in [5.41, 5.74) is 4.06. The van der Waals surface area contributed by atoms with Crippen molar-refractivity contribution in [2.24, 2.45) is 7.05 Å². The topological polar surface area (TPSA) is 163 Å². The predicted octanol–water partition coefficient (Wildman–Crippen LogP) is 5.38. The molecule has 48 heavy (non-hydrogen) atoms. The van der Waals surface area contributed by atoms with Crippen molar-refractivity contribution in [2.75, 3.05) is 0 Å². The van der Waals surface area contributed by atoms with Crippen molar-refractivity contribution in [3.05, 3.63) is 72.1 Å². The molecule has 6 rings (SSSR count). The van der Waals surface area contributed by atoms with Crippen molar-refractivity contribution in [1.29, 1.82) is 0 Å². The molecule has 2 aliphatic carbocycles. The number of carboxylic acid groups (broad SMARTS) is 1. The number of amides is 1. The molecule has 1 saturated carbocycles. The molecule has 4 heterocycles. The number of hydrogen-bond acceptors (Lipinski definition) is 8. The van der Waals surface area contributed by atoms with E-state index < -0.39 is 32.4 Å². The molecule has 1 fully saturated rings. The van der Waals surface area contributed by atoms with Gasteiger partial charge in [-0.25, -0.2) is 22.2 Å². The van der Waals surface area contributed by atoms with Gasteiger partial charge in [0, 0.05) is 72.8 Å². The smallest absolute Gasteiger partial charge is 0.407 e. The lowest BCUT2D eigenvalue weighted by Gasteiger charge is -2.29. The van der Waals surface area contributed by atoms with Gasteiger partial charge in [-0.1, -0.05) is 18.2 Å². The average Bonchev–Trinajstić information content (AvgIpc) is 3.47. The zero-order valence-corrected chi connectivity index (χ0v) is 28.6. The van der Waals surface area contributed by atoms with E-state index in [2.05, 4.69) is 15.4 Å². The Kier molecular flexibility index (Phi) is 8.56. The summed E-state index contributed by atoms with van der Waals surface area (Å²) in [4.78, 5) is 28.0. The standard InChI is InChI=1S/C34H41N7O6S/c1-33(2,3)47-32(44)36-18-28-25(19-39(5)37-28)23-9-6-14-34(4,17-23)48(45,46)41-21-26(24-10-7-15-35-31(24)41)27-20-40(16-8-11-29(42)43)38-30(27)22-12-13-22/h6-7,9-10,15,17,19-22H,8,11-14,16,18H2,1-5H3,(H,36,44)(H,42,43). The lowest BCUT2D eigenvalue weighted by molar-refractivity contribution is -0.137. The fraction of sp³-hybridized carbons (Fsp3) is 0.441. The zero-order valence-electron chi connectivity index (χ0n) is 27.8. The maximum Gasteiger partial charge on any atom is 0.407 e. The van der Waals surface area contributed by atoms with E-state index >= 15 is 0 Å². The number of fused-ring (bicyclic) bond motifs is 1. The molecule has 1 atom stereocenters. The fourth-order valence-electron chi connectivity index (χ4n) is 6.04. The number of aliphatic carboxylic acids is 1. The highest BCUT2D eigenvalue weighted by atomic mass is 32.2. The maximum atomic E-state index is 14.7. The Morgan fingerprint density at radius 3 is 2.60 bits per heavy atom. The van der Waals surface area contributed by atoms with Crippen molar-refractivity contribution in [1.82, 2.24) is 33.8 Å². The quantitative estimate of drug-likeness (QED) is 0.212. The molecule has 0 bridgehead atoms. The second-order valence-electron chi connectivity index (χ2n) is 13.7. The van der Waals surface area contributed by atoms with Gasteiger partial charge in [0.1, 0.15) is 10.3 Å². The highest BCUT2D eigenvalue weighted by molar-refractivity contribution is 7.91. The van der Waals surface area contributed by atoms with Crippen molar-refractivity contribution < 1.29 is 27.9 Å². The Morgan fingerprint density at radius 1 is 1.12 bits per heavy atom. The van der Waals surface area contributed by atoms with Crippen LogP contribution in [0.2, 0.25) is 0 Å². The molecule has 0 saturated heterocycles. The summed E-state index contributed by atoms with van der Waals surface area (Å²) >= 11 is 0. The highest BCUT2D eigenvalue weighted by Crippen LogP contribution is 2.46. The van der Waals surface area contributed by atoms with Crippen LogP contribution < -0.4 is 5.32 Å². The maximum absolute atomic E-state index is 14.7. The number of allylic oxidation sites excluding steroid dienone is 3. The Morgan fingerprint density at radius 2 is 1.90 bits per heavy atom. The number of pyridine rings is 1. The van der Waals surface area contributed by atoms with Gasteiger partial charge < -0.3 is 15.2 Å². The van der Waals surface area contributed by atoms with Crippen LogP contribution in [0, 0.1) is 0 Å². The first-order valence-electron chi connectivity index (χ1n) is 16.0. The van der Waals surface area contributed by atoms with E-state index in [4.69, 9.17) is 14.9 Å². The molecule has 2 aliphatic rings. The van der Waals surface area contributed by atoms with E-state index in [1.807, 2.05) is 24.4 Å². The molecular formula is C34H41N7O6S. The van der Waals surface area contributed by atoms with Crippen molar-refractivity contribution in [3.63, 3.8) is 0 Å². The molecule has 13 nitrogen and oxygen atoms in total. The Bertz CT molecular complexity index is 2060.